The van der Waals surface area contributed by atoms with Crippen LogP contribution in [0.3, 0.4) is 0 Å². The topological polar surface area (TPSA) is 72.2 Å². The quantitative estimate of drug-likeness (QED) is 0.765. The predicted octanol–water partition coefficient (Wildman–Crippen LogP) is 2.92. The highest BCUT2D eigenvalue weighted by Gasteiger charge is 2.34. The Morgan fingerprint density at radius 1 is 1.38 bits per heavy atom. The van der Waals surface area contributed by atoms with E-state index in [9.17, 15) is 9.59 Å². The highest BCUT2D eigenvalue weighted by atomic mass is 16.2. The molecule has 0 radical (unpaired) electrons. The van der Waals surface area contributed by atoms with Gasteiger partial charge in [-0.2, -0.15) is 0 Å². The molecule has 4 heteroatoms. The Morgan fingerprint density at radius 3 is 2.48 bits per heavy atom. The summed E-state index contributed by atoms with van der Waals surface area (Å²) in [5, 5.41) is 2.82. The number of nitrogens with two attached hydrogens (primary N) is 1. The SMILES string of the molecule is CC(C)CC(C)(NC(=O)C=C1CCCCC1(C)C)C(N)=O. The molecule has 4 nitrogen and oxygen atoms in total. The lowest BCUT2D eigenvalue weighted by atomic mass is 9.73. The van der Waals surface area contributed by atoms with Crippen LogP contribution >= 0.6 is 0 Å². The Kier molecular flexibility index (Phi) is 5.60. The van der Waals surface area contributed by atoms with Crippen LogP contribution in [0.4, 0.5) is 0 Å². The molecule has 21 heavy (non-hydrogen) atoms. The number of amides is 2. The molecule has 1 aliphatic carbocycles. The number of hydrogen-bond donors (Lipinski definition) is 2. The third-order valence-corrected chi connectivity index (χ3v) is 4.43. The van der Waals surface area contributed by atoms with Crippen LogP contribution in [0.25, 0.3) is 0 Å². The largest absolute Gasteiger partial charge is 0.368 e. The molecule has 0 aromatic heterocycles. The number of hydrogen-bond acceptors (Lipinski definition) is 2. The van der Waals surface area contributed by atoms with Gasteiger partial charge >= 0.3 is 0 Å². The highest BCUT2D eigenvalue weighted by molar-refractivity contribution is 5.95. The fourth-order valence-corrected chi connectivity index (χ4v) is 3.14. The van der Waals surface area contributed by atoms with E-state index in [1.165, 1.54) is 12.0 Å². The summed E-state index contributed by atoms with van der Waals surface area (Å²) in [5.41, 5.74) is 5.73. The zero-order valence-corrected chi connectivity index (χ0v) is 14.1. The number of primary amides is 1. The third-order valence-electron chi connectivity index (χ3n) is 4.43. The lowest BCUT2D eigenvalue weighted by Crippen LogP contribution is -2.55. The van der Waals surface area contributed by atoms with E-state index >= 15 is 0 Å². The fraction of sp³-hybridized carbons (Fsp3) is 0.765. The molecule has 3 N–H and O–H groups in total. The van der Waals surface area contributed by atoms with Gasteiger partial charge in [-0.05, 0) is 43.9 Å². The third kappa shape index (κ3) is 4.87. The van der Waals surface area contributed by atoms with Crippen LogP contribution in [0.5, 0.6) is 0 Å². The van der Waals surface area contributed by atoms with Gasteiger partial charge < -0.3 is 11.1 Å². The molecule has 0 aromatic rings. The average Bonchev–Trinajstić information content (AvgIpc) is 2.30. The maximum atomic E-state index is 12.3. The van der Waals surface area contributed by atoms with Gasteiger partial charge in [0.25, 0.3) is 0 Å². The second-order valence-electron chi connectivity index (χ2n) is 7.54. The Labute approximate surface area is 128 Å². The normalized spacial score (nSPS) is 22.9. The molecular weight excluding hydrogens is 264 g/mol. The van der Waals surface area contributed by atoms with Crippen LogP contribution in [-0.4, -0.2) is 17.4 Å². The van der Waals surface area contributed by atoms with Gasteiger partial charge in [0.2, 0.25) is 11.8 Å². The van der Waals surface area contributed by atoms with Gasteiger partial charge in [-0.3, -0.25) is 9.59 Å². The first-order valence-electron chi connectivity index (χ1n) is 7.90. The van der Waals surface area contributed by atoms with Crippen molar-refractivity contribution in [1.82, 2.24) is 5.32 Å². The molecule has 2 amide bonds. The van der Waals surface area contributed by atoms with Crippen LogP contribution in [0.2, 0.25) is 0 Å². The Hall–Kier alpha value is -1.32. The lowest BCUT2D eigenvalue weighted by Gasteiger charge is -2.33. The van der Waals surface area contributed by atoms with E-state index in [1.807, 2.05) is 13.8 Å². The summed E-state index contributed by atoms with van der Waals surface area (Å²) in [4.78, 5) is 24.0. The van der Waals surface area contributed by atoms with Gasteiger partial charge in [0.15, 0.2) is 0 Å². The van der Waals surface area contributed by atoms with E-state index in [-0.39, 0.29) is 17.2 Å². The minimum atomic E-state index is -0.985. The van der Waals surface area contributed by atoms with Crippen molar-refractivity contribution in [2.75, 3.05) is 0 Å². The Balaban J connectivity index is 2.85. The molecule has 120 valence electrons. The molecule has 0 aromatic carbocycles. The van der Waals surface area contributed by atoms with E-state index < -0.39 is 11.4 Å². The molecule has 1 rings (SSSR count). The Bertz CT molecular complexity index is 438. The number of rotatable bonds is 5. The van der Waals surface area contributed by atoms with Gasteiger partial charge in [-0.15, -0.1) is 0 Å². The average molecular weight is 294 g/mol. The van der Waals surface area contributed by atoms with Crippen molar-refractivity contribution in [1.29, 1.82) is 0 Å². The van der Waals surface area contributed by atoms with Gasteiger partial charge in [-0.25, -0.2) is 0 Å². The lowest BCUT2D eigenvalue weighted by molar-refractivity contribution is -0.129. The first-order valence-corrected chi connectivity index (χ1v) is 7.90. The highest BCUT2D eigenvalue weighted by Crippen LogP contribution is 2.39. The van der Waals surface area contributed by atoms with Gasteiger partial charge in [-0.1, -0.05) is 39.7 Å². The van der Waals surface area contributed by atoms with E-state index in [1.54, 1.807) is 13.0 Å². The standard InChI is InChI=1S/C17H30N2O2/c1-12(2)11-17(5,15(18)21)19-14(20)10-13-8-6-7-9-16(13,3)4/h10,12H,6-9,11H2,1-5H3,(H2,18,21)(H,19,20). The summed E-state index contributed by atoms with van der Waals surface area (Å²) in [6.45, 7) is 10.1. The van der Waals surface area contributed by atoms with Crippen molar-refractivity contribution in [3.8, 4) is 0 Å². The first-order chi connectivity index (χ1) is 9.57. The minimum Gasteiger partial charge on any atom is -0.368 e. The molecule has 1 saturated carbocycles. The molecule has 0 bridgehead atoms. The summed E-state index contributed by atoms with van der Waals surface area (Å²) in [6, 6.07) is 0. The maximum absolute atomic E-state index is 12.3. The van der Waals surface area contributed by atoms with Crippen molar-refractivity contribution >= 4 is 11.8 Å². The number of allylic oxidation sites excluding steroid dienone is 1. The number of nitrogens with one attached hydrogen (secondary N) is 1. The van der Waals surface area contributed by atoms with E-state index in [0.29, 0.717) is 6.42 Å². The summed E-state index contributed by atoms with van der Waals surface area (Å²) >= 11 is 0. The minimum absolute atomic E-state index is 0.0662. The van der Waals surface area contributed by atoms with Crippen LogP contribution in [0.1, 0.15) is 66.7 Å². The van der Waals surface area contributed by atoms with Crippen molar-refractivity contribution in [2.45, 2.75) is 72.3 Å². The van der Waals surface area contributed by atoms with Gasteiger partial charge in [0.1, 0.15) is 5.54 Å². The molecule has 0 saturated heterocycles. The molecule has 1 unspecified atom stereocenters. The second-order valence-corrected chi connectivity index (χ2v) is 7.54. The molecule has 1 atom stereocenters. The van der Waals surface area contributed by atoms with Crippen LogP contribution in [-0.2, 0) is 9.59 Å². The molecule has 1 fully saturated rings. The van der Waals surface area contributed by atoms with Crippen molar-refractivity contribution < 1.29 is 9.59 Å². The smallest absolute Gasteiger partial charge is 0.244 e. The summed E-state index contributed by atoms with van der Waals surface area (Å²) in [7, 11) is 0. The number of carbonyl (C=O) groups excluding carboxylic acids is 2. The maximum Gasteiger partial charge on any atom is 0.244 e. The van der Waals surface area contributed by atoms with Crippen molar-refractivity contribution in [2.24, 2.45) is 17.1 Å². The molecular formula is C17H30N2O2. The van der Waals surface area contributed by atoms with Crippen LogP contribution in [0.15, 0.2) is 11.6 Å². The molecule has 0 aliphatic heterocycles. The monoisotopic (exact) mass is 294 g/mol. The van der Waals surface area contributed by atoms with Crippen molar-refractivity contribution in [3.05, 3.63) is 11.6 Å². The first kappa shape index (κ1) is 17.7. The van der Waals surface area contributed by atoms with Crippen LogP contribution in [0, 0.1) is 11.3 Å². The van der Waals surface area contributed by atoms with Crippen LogP contribution < -0.4 is 11.1 Å². The molecule has 0 heterocycles. The summed E-state index contributed by atoms with van der Waals surface area (Å²) < 4.78 is 0. The molecule has 0 spiro atoms. The zero-order valence-electron chi connectivity index (χ0n) is 14.1. The fourth-order valence-electron chi connectivity index (χ4n) is 3.14. The summed E-state index contributed by atoms with van der Waals surface area (Å²) in [6.07, 6.45) is 6.62. The predicted molar refractivity (Wildman–Crippen MR) is 85.5 cm³/mol. The van der Waals surface area contributed by atoms with Gasteiger partial charge in [0, 0.05) is 6.08 Å². The summed E-state index contributed by atoms with van der Waals surface area (Å²) in [5.74, 6) is -0.408. The Morgan fingerprint density at radius 2 is 2.00 bits per heavy atom. The van der Waals surface area contributed by atoms with Crippen molar-refractivity contribution in [3.63, 3.8) is 0 Å². The van der Waals surface area contributed by atoms with E-state index in [0.717, 1.165) is 19.3 Å². The van der Waals surface area contributed by atoms with E-state index in [4.69, 9.17) is 5.73 Å². The van der Waals surface area contributed by atoms with Gasteiger partial charge in [0.05, 0.1) is 0 Å². The van der Waals surface area contributed by atoms with E-state index in [2.05, 4.69) is 19.2 Å². The molecule has 1 aliphatic rings. The second kappa shape index (κ2) is 6.63. The zero-order chi connectivity index (χ0) is 16.3. The number of carbonyl (C=O) groups is 2.